The van der Waals surface area contributed by atoms with E-state index in [9.17, 15) is 9.90 Å². The minimum atomic E-state index is -0.984. The lowest BCUT2D eigenvalue weighted by molar-refractivity contribution is -0.147. The Labute approximate surface area is 172 Å². The van der Waals surface area contributed by atoms with Gasteiger partial charge in [-0.2, -0.15) is 0 Å². The predicted octanol–water partition coefficient (Wildman–Crippen LogP) is 4.50. The third-order valence-corrected chi connectivity index (χ3v) is 5.42. The van der Waals surface area contributed by atoms with E-state index in [1.165, 1.54) is 5.56 Å². The zero-order valence-electron chi connectivity index (χ0n) is 17.0. The Hall–Kier alpha value is -3.08. The van der Waals surface area contributed by atoms with Crippen LogP contribution >= 0.6 is 0 Å². The predicted molar refractivity (Wildman–Crippen MR) is 113 cm³/mol. The zero-order valence-corrected chi connectivity index (χ0v) is 17.0. The molecule has 1 aromatic carbocycles. The van der Waals surface area contributed by atoms with Crippen LogP contribution in [0.5, 0.6) is 5.75 Å². The minimum Gasteiger partial charge on any atom is -0.493 e. The number of aromatic nitrogens is 2. The molecule has 5 heteroatoms. The van der Waals surface area contributed by atoms with E-state index in [1.807, 2.05) is 68.0 Å². The van der Waals surface area contributed by atoms with E-state index in [-0.39, 0.29) is 0 Å². The van der Waals surface area contributed by atoms with Gasteiger partial charge in [-0.25, -0.2) is 4.79 Å². The van der Waals surface area contributed by atoms with Crippen molar-refractivity contribution in [3.05, 3.63) is 83.9 Å². The molecule has 1 N–H and O–H groups in total. The highest BCUT2D eigenvalue weighted by Crippen LogP contribution is 2.28. The van der Waals surface area contributed by atoms with Crippen molar-refractivity contribution in [3.63, 3.8) is 0 Å². The molecule has 0 unspecified atom stereocenters. The van der Waals surface area contributed by atoms with Gasteiger partial charge in [0.15, 0.2) is 0 Å². The van der Waals surface area contributed by atoms with Gasteiger partial charge in [0.25, 0.3) is 0 Å². The fourth-order valence-corrected chi connectivity index (χ4v) is 3.48. The molecule has 3 aromatic rings. The van der Waals surface area contributed by atoms with Gasteiger partial charge in [0.2, 0.25) is 0 Å². The summed E-state index contributed by atoms with van der Waals surface area (Å²) in [4.78, 5) is 16.5. The third kappa shape index (κ3) is 4.86. The number of aliphatic carboxylic acids is 1. The summed E-state index contributed by atoms with van der Waals surface area (Å²) in [5, 5.41) is 9.92. The molecule has 2 heterocycles. The average Bonchev–Trinajstić information content (AvgIpc) is 3.29. The van der Waals surface area contributed by atoms with E-state index in [1.54, 1.807) is 4.57 Å². The van der Waals surface area contributed by atoms with Crippen LogP contribution in [0.2, 0.25) is 0 Å². The molecule has 0 aliphatic rings. The van der Waals surface area contributed by atoms with Gasteiger partial charge in [-0.15, -0.1) is 0 Å². The molecular weight excluding hydrogens is 364 g/mol. The molecule has 0 fully saturated rings. The number of hydrogen-bond donors (Lipinski definition) is 1. The van der Waals surface area contributed by atoms with Gasteiger partial charge in [0, 0.05) is 37.1 Å². The first-order valence-electron chi connectivity index (χ1n) is 10.1. The second-order valence-electron chi connectivity index (χ2n) is 7.21. The first-order valence-corrected chi connectivity index (χ1v) is 10.1. The number of carbonyl (C=O) groups is 1. The third-order valence-electron chi connectivity index (χ3n) is 5.42. The Morgan fingerprint density at radius 2 is 1.76 bits per heavy atom. The molecule has 2 aromatic heterocycles. The maximum atomic E-state index is 12.1. The Kier molecular flexibility index (Phi) is 6.70. The summed E-state index contributed by atoms with van der Waals surface area (Å²) in [6, 6.07) is 15.6. The molecule has 0 saturated heterocycles. The van der Waals surface area contributed by atoms with E-state index >= 15 is 0 Å². The van der Waals surface area contributed by atoms with Crippen LogP contribution in [0.15, 0.2) is 67.1 Å². The van der Waals surface area contributed by atoms with E-state index in [0.717, 1.165) is 29.8 Å². The van der Waals surface area contributed by atoms with Crippen LogP contribution < -0.4 is 4.74 Å². The van der Waals surface area contributed by atoms with Crippen molar-refractivity contribution < 1.29 is 14.6 Å². The highest BCUT2D eigenvalue weighted by molar-refractivity contribution is 5.77. The summed E-state index contributed by atoms with van der Waals surface area (Å²) in [6.45, 7) is 4.57. The second-order valence-corrected chi connectivity index (χ2v) is 7.21. The Bertz CT molecular complexity index is 902. The molecule has 0 amide bonds. The molecule has 152 valence electrons. The molecular formula is C24H28N2O3. The number of ether oxygens (including phenoxy) is 1. The molecule has 0 saturated carbocycles. The van der Waals surface area contributed by atoms with Crippen LogP contribution in [0.1, 0.15) is 37.1 Å². The number of nitrogens with zero attached hydrogens (tertiary/aromatic N) is 2. The number of rotatable bonds is 10. The first-order chi connectivity index (χ1) is 14.1. The van der Waals surface area contributed by atoms with Gasteiger partial charge in [-0.05, 0) is 54.3 Å². The van der Waals surface area contributed by atoms with Crippen molar-refractivity contribution in [2.75, 3.05) is 6.61 Å². The fourth-order valence-electron chi connectivity index (χ4n) is 3.48. The zero-order chi connectivity index (χ0) is 20.7. The van der Waals surface area contributed by atoms with Crippen molar-refractivity contribution in [1.29, 1.82) is 0 Å². The summed E-state index contributed by atoms with van der Waals surface area (Å²) < 4.78 is 7.62. The lowest BCUT2D eigenvalue weighted by atomic mass is 9.88. The Morgan fingerprint density at radius 3 is 2.31 bits per heavy atom. The van der Waals surface area contributed by atoms with E-state index in [2.05, 4.69) is 18.0 Å². The fraction of sp³-hybridized carbons (Fsp3) is 0.333. The number of carboxylic acids is 1. The van der Waals surface area contributed by atoms with Crippen LogP contribution in [0.25, 0.3) is 0 Å². The Morgan fingerprint density at radius 1 is 1.07 bits per heavy atom. The number of pyridine rings is 1. The molecule has 1 atom stereocenters. The molecule has 29 heavy (non-hydrogen) atoms. The van der Waals surface area contributed by atoms with Crippen LogP contribution in [0, 0.1) is 0 Å². The van der Waals surface area contributed by atoms with Crippen molar-refractivity contribution in [1.82, 2.24) is 9.55 Å². The lowest BCUT2D eigenvalue weighted by Crippen LogP contribution is -2.42. The molecule has 0 radical (unpaired) electrons. The normalized spacial score (nSPS) is 13.0. The highest BCUT2D eigenvalue weighted by Gasteiger charge is 2.38. The van der Waals surface area contributed by atoms with E-state index < -0.39 is 11.5 Å². The summed E-state index contributed by atoms with van der Waals surface area (Å²) in [6.07, 6.45) is 8.20. The summed E-state index contributed by atoms with van der Waals surface area (Å²) in [7, 11) is 0. The number of benzene rings is 1. The van der Waals surface area contributed by atoms with Gasteiger partial charge in [0.1, 0.15) is 11.3 Å². The maximum absolute atomic E-state index is 12.1. The standard InChI is InChI=1S/C24H28N2O3/c1-3-19-7-10-21(25-18-19)13-16-29-22-11-8-20(9-12-22)17-24(4-2,23(27)28)26-14-5-6-15-26/h5-12,14-15,18H,3-4,13,16-17H2,1-2H3,(H,27,28)/t24-/m0/s1. The molecule has 0 aliphatic carbocycles. The minimum absolute atomic E-state index is 0.418. The summed E-state index contributed by atoms with van der Waals surface area (Å²) in [5.74, 6) is -0.0459. The average molecular weight is 392 g/mol. The number of aryl methyl sites for hydroxylation is 1. The topological polar surface area (TPSA) is 64.3 Å². The number of hydrogen-bond acceptors (Lipinski definition) is 3. The quantitative estimate of drug-likeness (QED) is 0.552. The van der Waals surface area contributed by atoms with Crippen molar-refractivity contribution in [2.45, 2.75) is 45.1 Å². The van der Waals surface area contributed by atoms with Crippen LogP contribution in [0.3, 0.4) is 0 Å². The SMILES string of the molecule is CCc1ccc(CCOc2ccc(C[C@@](CC)(C(=O)O)n3cccc3)cc2)nc1. The van der Waals surface area contributed by atoms with Crippen LogP contribution in [0.4, 0.5) is 0 Å². The second kappa shape index (κ2) is 9.41. The lowest BCUT2D eigenvalue weighted by Gasteiger charge is -2.30. The van der Waals surface area contributed by atoms with Crippen LogP contribution in [-0.4, -0.2) is 27.2 Å². The molecule has 3 rings (SSSR count). The van der Waals surface area contributed by atoms with E-state index in [0.29, 0.717) is 19.4 Å². The molecule has 0 spiro atoms. The number of carboxylic acid groups (broad SMARTS) is 1. The summed E-state index contributed by atoms with van der Waals surface area (Å²) >= 11 is 0. The highest BCUT2D eigenvalue weighted by atomic mass is 16.5. The van der Waals surface area contributed by atoms with Crippen molar-refractivity contribution in [2.24, 2.45) is 0 Å². The first kappa shape index (κ1) is 20.6. The van der Waals surface area contributed by atoms with Crippen LogP contribution in [-0.2, 0) is 29.6 Å². The van der Waals surface area contributed by atoms with Gasteiger partial charge >= 0.3 is 5.97 Å². The smallest absolute Gasteiger partial charge is 0.330 e. The molecule has 0 aliphatic heterocycles. The molecule has 5 nitrogen and oxygen atoms in total. The van der Waals surface area contributed by atoms with E-state index in [4.69, 9.17) is 4.74 Å². The van der Waals surface area contributed by atoms with Crippen molar-refractivity contribution >= 4 is 5.97 Å². The van der Waals surface area contributed by atoms with Gasteiger partial charge in [-0.3, -0.25) is 4.98 Å². The monoisotopic (exact) mass is 392 g/mol. The summed E-state index contributed by atoms with van der Waals surface area (Å²) in [5.41, 5.74) is 2.23. The van der Waals surface area contributed by atoms with Gasteiger partial charge in [-0.1, -0.05) is 32.0 Å². The Balaban J connectivity index is 1.61. The maximum Gasteiger partial charge on any atom is 0.330 e. The van der Waals surface area contributed by atoms with Gasteiger partial charge in [0.05, 0.1) is 6.61 Å². The molecule has 0 bridgehead atoms. The van der Waals surface area contributed by atoms with Crippen molar-refractivity contribution in [3.8, 4) is 5.75 Å². The van der Waals surface area contributed by atoms with Gasteiger partial charge < -0.3 is 14.4 Å². The largest absolute Gasteiger partial charge is 0.493 e.